The number of aryl methyl sites for hydroxylation is 1. The SMILES string of the molecule is COC(=O)CCN(Cc1ccc(C)cc1)C(=O)c1ccccc1OC. The molecule has 0 aromatic heterocycles. The molecule has 0 aliphatic rings. The number of nitrogens with zero attached hydrogens (tertiary/aromatic N) is 1. The first-order valence-corrected chi connectivity index (χ1v) is 8.09. The molecule has 2 rings (SSSR count). The molecule has 0 aliphatic carbocycles. The second-order valence-corrected chi connectivity index (χ2v) is 5.74. The first-order chi connectivity index (χ1) is 12.0. The molecule has 0 N–H and O–H groups in total. The Morgan fingerprint density at radius 1 is 1.00 bits per heavy atom. The lowest BCUT2D eigenvalue weighted by molar-refractivity contribution is -0.140. The monoisotopic (exact) mass is 341 g/mol. The Morgan fingerprint density at radius 2 is 1.68 bits per heavy atom. The maximum atomic E-state index is 13.0. The van der Waals surface area contributed by atoms with Crippen molar-refractivity contribution in [1.82, 2.24) is 4.90 Å². The van der Waals surface area contributed by atoms with E-state index in [-0.39, 0.29) is 24.8 Å². The minimum Gasteiger partial charge on any atom is -0.496 e. The van der Waals surface area contributed by atoms with Crippen LogP contribution in [0.1, 0.15) is 27.9 Å². The summed E-state index contributed by atoms with van der Waals surface area (Å²) in [5, 5.41) is 0. The number of benzene rings is 2. The zero-order valence-electron chi connectivity index (χ0n) is 14.8. The van der Waals surface area contributed by atoms with E-state index in [2.05, 4.69) is 0 Å². The number of ether oxygens (including phenoxy) is 2. The average Bonchev–Trinajstić information content (AvgIpc) is 2.65. The number of amides is 1. The van der Waals surface area contributed by atoms with Gasteiger partial charge in [0, 0.05) is 13.1 Å². The van der Waals surface area contributed by atoms with Crippen molar-refractivity contribution in [3.63, 3.8) is 0 Å². The third-order valence-electron chi connectivity index (χ3n) is 3.93. The third kappa shape index (κ3) is 5.08. The number of methoxy groups -OCH3 is 2. The third-order valence-corrected chi connectivity index (χ3v) is 3.93. The molecule has 132 valence electrons. The van der Waals surface area contributed by atoms with Gasteiger partial charge in [0.15, 0.2) is 0 Å². The largest absolute Gasteiger partial charge is 0.496 e. The lowest BCUT2D eigenvalue weighted by Crippen LogP contribution is -2.33. The Hall–Kier alpha value is -2.82. The highest BCUT2D eigenvalue weighted by Gasteiger charge is 2.20. The Labute approximate surface area is 148 Å². The maximum absolute atomic E-state index is 13.0. The molecular formula is C20H23NO4. The molecule has 0 spiro atoms. The van der Waals surface area contributed by atoms with E-state index in [0.29, 0.717) is 17.9 Å². The summed E-state index contributed by atoms with van der Waals surface area (Å²) in [4.78, 5) is 26.1. The molecule has 5 heteroatoms. The van der Waals surface area contributed by atoms with Crippen LogP contribution in [0.5, 0.6) is 5.75 Å². The topological polar surface area (TPSA) is 55.8 Å². The number of para-hydroxylation sites is 1. The van der Waals surface area contributed by atoms with Gasteiger partial charge < -0.3 is 14.4 Å². The second kappa shape index (κ2) is 8.87. The first kappa shape index (κ1) is 18.5. The Balaban J connectivity index is 2.24. The number of carbonyl (C=O) groups excluding carboxylic acids is 2. The van der Waals surface area contributed by atoms with E-state index < -0.39 is 0 Å². The molecule has 0 aliphatic heterocycles. The van der Waals surface area contributed by atoms with E-state index in [9.17, 15) is 9.59 Å². The highest BCUT2D eigenvalue weighted by molar-refractivity contribution is 5.97. The van der Waals surface area contributed by atoms with Crippen molar-refractivity contribution in [2.45, 2.75) is 19.9 Å². The summed E-state index contributed by atoms with van der Waals surface area (Å²) in [6, 6.07) is 15.0. The van der Waals surface area contributed by atoms with Gasteiger partial charge in [-0.25, -0.2) is 0 Å². The molecule has 2 aromatic carbocycles. The highest BCUT2D eigenvalue weighted by Crippen LogP contribution is 2.21. The van der Waals surface area contributed by atoms with E-state index >= 15 is 0 Å². The number of hydrogen-bond donors (Lipinski definition) is 0. The predicted molar refractivity (Wildman–Crippen MR) is 95.5 cm³/mol. The van der Waals surface area contributed by atoms with Crippen molar-refractivity contribution in [2.24, 2.45) is 0 Å². The van der Waals surface area contributed by atoms with Gasteiger partial charge in [0.05, 0.1) is 26.2 Å². The zero-order chi connectivity index (χ0) is 18.2. The highest BCUT2D eigenvalue weighted by atomic mass is 16.5. The van der Waals surface area contributed by atoms with Crippen molar-refractivity contribution in [3.05, 3.63) is 65.2 Å². The van der Waals surface area contributed by atoms with Crippen molar-refractivity contribution < 1.29 is 19.1 Å². The van der Waals surface area contributed by atoms with Gasteiger partial charge in [-0.3, -0.25) is 9.59 Å². The van der Waals surface area contributed by atoms with Crippen LogP contribution in [-0.2, 0) is 16.1 Å². The molecular weight excluding hydrogens is 318 g/mol. The molecule has 0 unspecified atom stereocenters. The normalized spacial score (nSPS) is 10.2. The Morgan fingerprint density at radius 3 is 2.32 bits per heavy atom. The van der Waals surface area contributed by atoms with Crippen LogP contribution in [0.2, 0.25) is 0 Å². The van der Waals surface area contributed by atoms with Crippen LogP contribution >= 0.6 is 0 Å². The standard InChI is InChI=1S/C20H23NO4/c1-15-8-10-16(11-9-15)14-21(13-12-19(22)25-3)20(23)17-6-4-5-7-18(17)24-2/h4-11H,12-14H2,1-3H3. The summed E-state index contributed by atoms with van der Waals surface area (Å²) in [6.45, 7) is 2.70. The maximum Gasteiger partial charge on any atom is 0.307 e. The lowest BCUT2D eigenvalue weighted by Gasteiger charge is -2.23. The quantitative estimate of drug-likeness (QED) is 0.726. The van der Waals surface area contributed by atoms with E-state index in [4.69, 9.17) is 9.47 Å². The van der Waals surface area contributed by atoms with Crippen LogP contribution in [0.3, 0.4) is 0 Å². The van der Waals surface area contributed by atoms with Gasteiger partial charge in [0.1, 0.15) is 5.75 Å². The average molecular weight is 341 g/mol. The Kier molecular flexibility index (Phi) is 6.57. The minimum absolute atomic E-state index is 0.142. The first-order valence-electron chi connectivity index (χ1n) is 8.09. The minimum atomic E-state index is -0.346. The molecule has 0 bridgehead atoms. The second-order valence-electron chi connectivity index (χ2n) is 5.74. The van der Waals surface area contributed by atoms with Crippen LogP contribution in [0.25, 0.3) is 0 Å². The number of carbonyl (C=O) groups is 2. The molecule has 0 atom stereocenters. The van der Waals surface area contributed by atoms with Gasteiger partial charge >= 0.3 is 5.97 Å². The van der Waals surface area contributed by atoms with E-state index in [1.807, 2.05) is 37.3 Å². The van der Waals surface area contributed by atoms with Gasteiger partial charge in [-0.2, -0.15) is 0 Å². The van der Waals surface area contributed by atoms with E-state index in [1.54, 1.807) is 23.1 Å². The fourth-order valence-electron chi connectivity index (χ4n) is 2.49. The van der Waals surface area contributed by atoms with Gasteiger partial charge in [-0.1, -0.05) is 42.0 Å². The van der Waals surface area contributed by atoms with Gasteiger partial charge in [0.25, 0.3) is 5.91 Å². The molecule has 25 heavy (non-hydrogen) atoms. The fraction of sp³-hybridized carbons (Fsp3) is 0.300. The molecule has 0 heterocycles. The van der Waals surface area contributed by atoms with Crippen LogP contribution in [-0.4, -0.2) is 37.5 Å². The Bertz CT molecular complexity index is 725. The van der Waals surface area contributed by atoms with E-state index in [0.717, 1.165) is 11.1 Å². The van der Waals surface area contributed by atoms with Crippen molar-refractivity contribution in [1.29, 1.82) is 0 Å². The van der Waals surface area contributed by atoms with Gasteiger partial charge in [-0.05, 0) is 24.6 Å². The molecule has 0 radical (unpaired) electrons. The van der Waals surface area contributed by atoms with Gasteiger partial charge in [0.2, 0.25) is 0 Å². The predicted octanol–water partition coefficient (Wildman–Crippen LogP) is 3.21. The summed E-state index contributed by atoms with van der Waals surface area (Å²) in [5.41, 5.74) is 2.63. The summed E-state index contributed by atoms with van der Waals surface area (Å²) in [7, 11) is 2.87. The zero-order valence-corrected chi connectivity index (χ0v) is 14.8. The van der Waals surface area contributed by atoms with Crippen LogP contribution in [0.4, 0.5) is 0 Å². The molecule has 0 saturated heterocycles. The van der Waals surface area contributed by atoms with Crippen molar-refractivity contribution >= 4 is 11.9 Å². The summed E-state index contributed by atoms with van der Waals surface area (Å²) in [5.74, 6) is -0.0110. The van der Waals surface area contributed by atoms with Gasteiger partial charge in [-0.15, -0.1) is 0 Å². The fourth-order valence-corrected chi connectivity index (χ4v) is 2.49. The summed E-state index contributed by atoms with van der Waals surface area (Å²) >= 11 is 0. The van der Waals surface area contributed by atoms with Crippen LogP contribution < -0.4 is 4.74 Å². The molecule has 5 nitrogen and oxygen atoms in total. The molecule has 0 saturated carbocycles. The summed E-state index contributed by atoms with van der Waals surface area (Å²) in [6.07, 6.45) is 0.142. The van der Waals surface area contributed by atoms with Crippen molar-refractivity contribution in [3.8, 4) is 5.75 Å². The number of hydrogen-bond acceptors (Lipinski definition) is 4. The number of esters is 1. The molecule has 2 aromatic rings. The van der Waals surface area contributed by atoms with Crippen LogP contribution in [0, 0.1) is 6.92 Å². The molecule has 0 fully saturated rings. The van der Waals surface area contributed by atoms with Crippen molar-refractivity contribution in [2.75, 3.05) is 20.8 Å². The summed E-state index contributed by atoms with van der Waals surface area (Å²) < 4.78 is 9.99. The van der Waals surface area contributed by atoms with E-state index in [1.165, 1.54) is 14.2 Å². The van der Waals surface area contributed by atoms with Crippen LogP contribution in [0.15, 0.2) is 48.5 Å². The smallest absolute Gasteiger partial charge is 0.307 e. The molecule has 1 amide bonds. The number of rotatable bonds is 7. The lowest BCUT2D eigenvalue weighted by atomic mass is 10.1.